The van der Waals surface area contributed by atoms with Crippen molar-refractivity contribution >= 4 is 11.3 Å². The predicted molar refractivity (Wildman–Crippen MR) is 99.3 cm³/mol. The van der Waals surface area contributed by atoms with E-state index in [2.05, 4.69) is 9.97 Å². The number of benzene rings is 1. The number of aromatic nitrogens is 3. The van der Waals surface area contributed by atoms with Crippen LogP contribution in [0, 0.1) is 13.8 Å². The smallest absolute Gasteiger partial charge is 0.307 e. The van der Waals surface area contributed by atoms with Gasteiger partial charge in [-0.15, -0.1) is 0 Å². The Morgan fingerprint density at radius 2 is 1.96 bits per heavy atom. The highest BCUT2D eigenvalue weighted by Crippen LogP contribution is 2.21. The molecule has 8 heteroatoms. The van der Waals surface area contributed by atoms with Crippen molar-refractivity contribution in [1.82, 2.24) is 14.5 Å². The van der Waals surface area contributed by atoms with E-state index in [4.69, 9.17) is 4.74 Å². The molecule has 136 valence electrons. The van der Waals surface area contributed by atoms with Crippen LogP contribution in [0.25, 0.3) is 0 Å². The van der Waals surface area contributed by atoms with Crippen LogP contribution in [-0.4, -0.2) is 26.2 Å². The third-order valence-corrected chi connectivity index (χ3v) is 4.77. The van der Waals surface area contributed by atoms with Crippen molar-refractivity contribution in [2.24, 2.45) is 0 Å². The lowest BCUT2D eigenvalue weighted by atomic mass is 10.1. The van der Waals surface area contributed by atoms with Gasteiger partial charge in [-0.1, -0.05) is 23.5 Å². The maximum Gasteiger partial charge on any atom is 0.307 e. The first-order chi connectivity index (χ1) is 12.4. The molecule has 0 bridgehead atoms. The fourth-order valence-electron chi connectivity index (χ4n) is 2.65. The summed E-state index contributed by atoms with van der Waals surface area (Å²) in [6.07, 6.45) is 0.471. The van der Waals surface area contributed by atoms with E-state index in [9.17, 15) is 14.7 Å². The topological polar surface area (TPSA) is 97.2 Å². The molecule has 3 rings (SSSR count). The zero-order chi connectivity index (χ0) is 18.7. The van der Waals surface area contributed by atoms with Gasteiger partial charge in [0, 0.05) is 18.2 Å². The third-order valence-electron chi connectivity index (χ3n) is 3.90. The van der Waals surface area contributed by atoms with E-state index >= 15 is 0 Å². The first-order valence-electron chi connectivity index (χ1n) is 8.10. The molecular formula is C18H19N3O4S. The quantitative estimate of drug-likeness (QED) is 0.689. The number of hydrogen-bond acceptors (Lipinski definition) is 6. The van der Waals surface area contributed by atoms with Crippen LogP contribution in [0.2, 0.25) is 0 Å². The number of H-pyrrole nitrogens is 1. The molecule has 0 amide bonds. The Balaban J connectivity index is 1.59. The standard InChI is InChI=1S/C18H19N3O4S/c1-11-9-16(22)21(12(2)19-11)7-8-25-14-5-3-13(4-6-14)10-15-17(23)20-18(24)26-15/h3-6,9,23H,7-8,10H2,1-2H3,(H,20,24). The van der Waals surface area contributed by atoms with E-state index in [0.717, 1.165) is 16.9 Å². The zero-order valence-electron chi connectivity index (χ0n) is 14.5. The molecule has 2 N–H and O–H groups in total. The van der Waals surface area contributed by atoms with Crippen molar-refractivity contribution in [3.8, 4) is 11.6 Å². The highest BCUT2D eigenvalue weighted by atomic mass is 32.1. The van der Waals surface area contributed by atoms with Crippen molar-refractivity contribution in [1.29, 1.82) is 0 Å². The van der Waals surface area contributed by atoms with E-state index in [1.807, 2.05) is 24.3 Å². The number of ether oxygens (including phenoxy) is 1. The van der Waals surface area contributed by atoms with E-state index in [-0.39, 0.29) is 16.3 Å². The van der Waals surface area contributed by atoms with Gasteiger partial charge in [0.05, 0.1) is 11.4 Å². The van der Waals surface area contributed by atoms with Crippen LogP contribution in [0.15, 0.2) is 39.9 Å². The highest BCUT2D eigenvalue weighted by Gasteiger charge is 2.08. The Morgan fingerprint density at radius 3 is 2.58 bits per heavy atom. The maximum absolute atomic E-state index is 12.0. The van der Waals surface area contributed by atoms with Gasteiger partial charge >= 0.3 is 4.87 Å². The average Bonchev–Trinajstić information content (AvgIpc) is 2.89. The van der Waals surface area contributed by atoms with Crippen LogP contribution in [0.3, 0.4) is 0 Å². The summed E-state index contributed by atoms with van der Waals surface area (Å²) in [6, 6.07) is 8.91. The average molecular weight is 373 g/mol. The van der Waals surface area contributed by atoms with Gasteiger partial charge in [0.1, 0.15) is 18.2 Å². The molecule has 0 atom stereocenters. The molecule has 0 aliphatic rings. The molecule has 3 aromatic rings. The third kappa shape index (κ3) is 4.20. The van der Waals surface area contributed by atoms with E-state index in [1.54, 1.807) is 18.4 Å². The Bertz CT molecular complexity index is 1020. The lowest BCUT2D eigenvalue weighted by Gasteiger charge is -2.11. The van der Waals surface area contributed by atoms with Crippen molar-refractivity contribution < 1.29 is 9.84 Å². The summed E-state index contributed by atoms with van der Waals surface area (Å²) >= 11 is 0.998. The molecule has 0 saturated heterocycles. The van der Waals surface area contributed by atoms with Crippen LogP contribution in [-0.2, 0) is 13.0 Å². The van der Waals surface area contributed by atoms with Gasteiger partial charge < -0.3 is 9.84 Å². The SMILES string of the molecule is Cc1cc(=O)n(CCOc2ccc(Cc3sc(=O)[nH]c3O)cc2)c(C)n1. The molecule has 2 aromatic heterocycles. The number of rotatable bonds is 6. The van der Waals surface area contributed by atoms with Crippen molar-refractivity contribution in [2.75, 3.05) is 6.61 Å². The molecule has 26 heavy (non-hydrogen) atoms. The van der Waals surface area contributed by atoms with Gasteiger partial charge in [-0.05, 0) is 31.5 Å². The molecule has 1 aromatic carbocycles. The van der Waals surface area contributed by atoms with Gasteiger partial charge in [0.25, 0.3) is 5.56 Å². The first-order valence-corrected chi connectivity index (χ1v) is 8.92. The zero-order valence-corrected chi connectivity index (χ0v) is 15.3. The lowest BCUT2D eigenvalue weighted by Crippen LogP contribution is -2.26. The Labute approximate surface area is 153 Å². The summed E-state index contributed by atoms with van der Waals surface area (Å²) in [5, 5.41) is 9.63. The number of aromatic hydroxyl groups is 1. The van der Waals surface area contributed by atoms with Gasteiger partial charge in [0.15, 0.2) is 0 Å². The Hall–Kier alpha value is -2.87. The summed E-state index contributed by atoms with van der Waals surface area (Å²) in [7, 11) is 0. The summed E-state index contributed by atoms with van der Waals surface area (Å²) in [6.45, 7) is 4.37. The minimum atomic E-state index is -0.270. The number of nitrogens with zero attached hydrogens (tertiary/aromatic N) is 2. The molecule has 0 saturated carbocycles. The molecule has 7 nitrogen and oxygen atoms in total. The van der Waals surface area contributed by atoms with Crippen molar-refractivity contribution in [3.63, 3.8) is 0 Å². The number of thiazole rings is 1. The van der Waals surface area contributed by atoms with Gasteiger partial charge in [-0.25, -0.2) is 4.98 Å². The molecule has 0 fully saturated rings. The van der Waals surface area contributed by atoms with Gasteiger partial charge in [-0.3, -0.25) is 19.1 Å². The fraction of sp³-hybridized carbons (Fsp3) is 0.278. The lowest BCUT2D eigenvalue weighted by molar-refractivity contribution is 0.294. The molecule has 2 heterocycles. The first kappa shape index (κ1) is 17.9. The Kier molecular flexibility index (Phi) is 5.22. The minimum Gasteiger partial charge on any atom is -0.494 e. The molecule has 0 spiro atoms. The van der Waals surface area contributed by atoms with Crippen LogP contribution in [0.4, 0.5) is 0 Å². The second-order valence-electron chi connectivity index (χ2n) is 5.89. The van der Waals surface area contributed by atoms with E-state index in [1.165, 1.54) is 6.07 Å². The maximum atomic E-state index is 12.0. The van der Waals surface area contributed by atoms with E-state index in [0.29, 0.717) is 41.7 Å². The summed E-state index contributed by atoms with van der Waals surface area (Å²) < 4.78 is 7.27. The second kappa shape index (κ2) is 7.57. The van der Waals surface area contributed by atoms with E-state index < -0.39 is 0 Å². The number of aryl methyl sites for hydroxylation is 2. The minimum absolute atomic E-state index is 0.0761. The Morgan fingerprint density at radius 1 is 1.23 bits per heavy atom. The molecule has 0 aliphatic heterocycles. The van der Waals surface area contributed by atoms with Crippen molar-refractivity contribution in [3.05, 3.63) is 72.3 Å². The largest absolute Gasteiger partial charge is 0.494 e. The second-order valence-corrected chi connectivity index (χ2v) is 6.96. The normalized spacial score (nSPS) is 10.8. The van der Waals surface area contributed by atoms with Crippen LogP contribution >= 0.6 is 11.3 Å². The van der Waals surface area contributed by atoms with Crippen LogP contribution in [0.5, 0.6) is 11.6 Å². The van der Waals surface area contributed by atoms with Crippen LogP contribution in [0.1, 0.15) is 22.0 Å². The summed E-state index contributed by atoms with van der Waals surface area (Å²) in [4.78, 5) is 30.2. The number of hydrogen-bond donors (Lipinski definition) is 2. The fourth-order valence-corrected chi connectivity index (χ4v) is 3.41. The van der Waals surface area contributed by atoms with Gasteiger partial charge in [0.2, 0.25) is 5.88 Å². The monoisotopic (exact) mass is 373 g/mol. The highest BCUT2D eigenvalue weighted by molar-refractivity contribution is 7.09. The number of aromatic amines is 1. The molecule has 0 aliphatic carbocycles. The number of nitrogens with one attached hydrogen (secondary N) is 1. The van der Waals surface area contributed by atoms with Crippen LogP contribution < -0.4 is 15.2 Å². The molecule has 0 unspecified atom stereocenters. The van der Waals surface area contributed by atoms with Gasteiger partial charge in [-0.2, -0.15) is 0 Å². The summed E-state index contributed by atoms with van der Waals surface area (Å²) in [5.74, 6) is 1.28. The van der Waals surface area contributed by atoms with Crippen molar-refractivity contribution in [2.45, 2.75) is 26.8 Å². The predicted octanol–water partition coefficient (Wildman–Crippen LogP) is 1.99. The molecule has 0 radical (unpaired) electrons. The molecular weight excluding hydrogens is 354 g/mol. The summed E-state index contributed by atoms with van der Waals surface area (Å²) in [5.41, 5.74) is 1.58.